The molecule has 3 aliphatic heterocycles. The van der Waals surface area contributed by atoms with Gasteiger partial charge in [0, 0.05) is 84.1 Å². The summed E-state index contributed by atoms with van der Waals surface area (Å²) in [6.45, 7) is 10.1. The van der Waals surface area contributed by atoms with Gasteiger partial charge in [-0.2, -0.15) is 40.5 Å². The number of anilines is 2. The maximum absolute atomic E-state index is 11.6. The summed E-state index contributed by atoms with van der Waals surface area (Å²) in [6, 6.07) is 24.7. The number of amides is 1. The number of methoxy groups -OCH3 is 2. The first-order valence-corrected chi connectivity index (χ1v) is 19.5. The highest BCUT2D eigenvalue weighted by Crippen LogP contribution is 2.31. The fourth-order valence-electron chi connectivity index (χ4n) is 6.77. The first-order chi connectivity index (χ1) is 29.1. The number of pyridine rings is 2. The molecule has 5 heterocycles. The summed E-state index contributed by atoms with van der Waals surface area (Å²) in [5, 5.41) is 12.0. The molecule has 0 bridgehead atoms. The Labute approximate surface area is 388 Å². The third-order valence-corrected chi connectivity index (χ3v) is 10.2. The first-order valence-electron chi connectivity index (χ1n) is 19.5. The number of rotatable bonds is 5. The molecule has 8 rings (SSSR count). The molecule has 0 aliphatic carbocycles. The second-order valence-corrected chi connectivity index (χ2v) is 14.5. The van der Waals surface area contributed by atoms with E-state index >= 15 is 0 Å². The average molecular weight is 921 g/mol. The molecular weight excluding hydrogens is 865 g/mol. The SMILES string of the molecule is COC(=O)c1ccc2c(c1)OC[C@H](C)N(c1ccncc1)C2.COC(=O)c1ccc2c(c1)OC[C@H](C)NC2.C[C@H]1COc2cc(C(=O)NO)ccc2CN1c1ccncc1.S.S.S. The van der Waals surface area contributed by atoms with Gasteiger partial charge in [0.15, 0.2) is 0 Å². The summed E-state index contributed by atoms with van der Waals surface area (Å²) >= 11 is 0. The van der Waals surface area contributed by atoms with Crippen LogP contribution in [0.1, 0.15) is 68.5 Å². The van der Waals surface area contributed by atoms with Gasteiger partial charge in [0.25, 0.3) is 5.91 Å². The number of hydrogen-bond acceptors (Lipinski definition) is 14. The highest BCUT2D eigenvalue weighted by atomic mass is 32.1. The van der Waals surface area contributed by atoms with E-state index in [1.54, 1.807) is 66.7 Å². The number of carbonyl (C=O) groups excluding carboxylic acids is 3. The van der Waals surface area contributed by atoms with Crippen molar-refractivity contribution in [2.24, 2.45) is 0 Å². The topological polar surface area (TPSA) is 174 Å². The Balaban J connectivity index is 0.000000249. The zero-order valence-corrected chi connectivity index (χ0v) is 38.8. The molecule has 0 radical (unpaired) electrons. The van der Waals surface area contributed by atoms with Crippen molar-refractivity contribution in [2.75, 3.05) is 43.8 Å². The number of hydroxylamine groups is 1. The molecule has 5 aromatic rings. The summed E-state index contributed by atoms with van der Waals surface area (Å²) in [6.07, 6.45) is 7.11. The summed E-state index contributed by atoms with van der Waals surface area (Å²) in [4.78, 5) is 47.1. The van der Waals surface area contributed by atoms with Crippen molar-refractivity contribution in [3.8, 4) is 17.2 Å². The molecular formula is C45H56N6O9S3. The molecule has 0 saturated carbocycles. The van der Waals surface area contributed by atoms with E-state index in [4.69, 9.17) is 24.2 Å². The lowest BCUT2D eigenvalue weighted by molar-refractivity contribution is 0.0591. The molecule has 0 spiro atoms. The Bertz CT molecular complexity index is 2140. The lowest BCUT2D eigenvalue weighted by atomic mass is 10.1. The van der Waals surface area contributed by atoms with Crippen molar-refractivity contribution < 1.29 is 43.3 Å². The van der Waals surface area contributed by atoms with Crippen LogP contribution in [-0.2, 0) is 29.1 Å². The minimum absolute atomic E-state index is 0. The second kappa shape index (κ2) is 24.8. The Morgan fingerprint density at radius 2 is 1.02 bits per heavy atom. The molecule has 0 saturated heterocycles. The predicted octanol–water partition coefficient (Wildman–Crippen LogP) is 6.33. The van der Waals surface area contributed by atoms with Gasteiger partial charge in [-0.3, -0.25) is 20.0 Å². The largest absolute Gasteiger partial charge is 0.492 e. The minimum Gasteiger partial charge on any atom is -0.492 e. The molecule has 2 aromatic heterocycles. The van der Waals surface area contributed by atoms with Gasteiger partial charge in [0.05, 0.1) is 37.4 Å². The predicted molar refractivity (Wildman–Crippen MR) is 255 cm³/mol. The van der Waals surface area contributed by atoms with E-state index in [9.17, 15) is 14.4 Å². The molecule has 3 aromatic carbocycles. The smallest absolute Gasteiger partial charge is 0.337 e. The molecule has 18 heteroatoms. The molecule has 3 N–H and O–H groups in total. The molecule has 15 nitrogen and oxygen atoms in total. The van der Waals surface area contributed by atoms with Gasteiger partial charge in [-0.15, -0.1) is 0 Å². The van der Waals surface area contributed by atoms with Gasteiger partial charge in [0.1, 0.15) is 37.1 Å². The maximum atomic E-state index is 11.6. The number of nitrogens with zero attached hydrogens (tertiary/aromatic N) is 4. The summed E-state index contributed by atoms with van der Waals surface area (Å²) in [7, 11) is 2.75. The number of fused-ring (bicyclic) bond motifs is 3. The Hall–Kier alpha value is -5.66. The normalized spacial score (nSPS) is 16.9. The Morgan fingerprint density at radius 1 is 0.619 bits per heavy atom. The molecule has 0 unspecified atom stereocenters. The van der Waals surface area contributed by atoms with E-state index in [1.807, 2.05) is 42.5 Å². The van der Waals surface area contributed by atoms with E-state index in [-0.39, 0.29) is 64.5 Å². The molecule has 0 fully saturated rings. The summed E-state index contributed by atoms with van der Waals surface area (Å²) < 4.78 is 26.8. The number of hydrogen-bond donors (Lipinski definition) is 3. The number of carbonyl (C=O) groups is 3. The van der Waals surface area contributed by atoms with Gasteiger partial charge < -0.3 is 38.8 Å². The van der Waals surface area contributed by atoms with Crippen molar-refractivity contribution in [3.63, 3.8) is 0 Å². The van der Waals surface area contributed by atoms with Crippen LogP contribution in [0.2, 0.25) is 0 Å². The molecule has 1 amide bonds. The Kier molecular flexibility index (Phi) is 20.4. The van der Waals surface area contributed by atoms with E-state index in [0.29, 0.717) is 54.8 Å². The first kappa shape index (κ1) is 51.7. The lowest BCUT2D eigenvalue weighted by Crippen LogP contribution is -2.34. The van der Waals surface area contributed by atoms with Crippen LogP contribution in [0.25, 0.3) is 0 Å². The second-order valence-electron chi connectivity index (χ2n) is 14.5. The van der Waals surface area contributed by atoms with Crippen molar-refractivity contribution >= 4 is 69.7 Å². The van der Waals surface area contributed by atoms with Gasteiger partial charge in [-0.05, 0) is 81.4 Å². The zero-order chi connectivity index (χ0) is 42.6. The van der Waals surface area contributed by atoms with Crippen molar-refractivity contribution in [1.29, 1.82) is 0 Å². The van der Waals surface area contributed by atoms with Crippen LogP contribution in [0, 0.1) is 0 Å². The lowest BCUT2D eigenvalue weighted by Gasteiger charge is -2.28. The van der Waals surface area contributed by atoms with Crippen LogP contribution >= 0.6 is 40.5 Å². The van der Waals surface area contributed by atoms with Crippen LogP contribution in [0.4, 0.5) is 11.4 Å². The molecule has 63 heavy (non-hydrogen) atoms. The average Bonchev–Trinajstić information content (AvgIpc) is 3.67. The fraction of sp³-hybridized carbons (Fsp3) is 0.311. The highest BCUT2D eigenvalue weighted by molar-refractivity contribution is 7.59. The summed E-state index contributed by atoms with van der Waals surface area (Å²) in [5.74, 6) is 0.941. The molecule has 3 aliphatic rings. The maximum Gasteiger partial charge on any atom is 0.337 e. The molecule has 3 atom stereocenters. The monoisotopic (exact) mass is 920 g/mol. The van der Waals surface area contributed by atoms with Gasteiger partial charge >= 0.3 is 11.9 Å². The van der Waals surface area contributed by atoms with Crippen LogP contribution < -0.4 is 34.8 Å². The van der Waals surface area contributed by atoms with E-state index in [0.717, 1.165) is 52.7 Å². The van der Waals surface area contributed by atoms with Gasteiger partial charge in [0.2, 0.25) is 0 Å². The van der Waals surface area contributed by atoms with Gasteiger partial charge in [-0.25, -0.2) is 15.1 Å². The van der Waals surface area contributed by atoms with Crippen LogP contribution in [-0.4, -0.2) is 85.2 Å². The van der Waals surface area contributed by atoms with Crippen molar-refractivity contribution in [2.45, 2.75) is 58.5 Å². The van der Waals surface area contributed by atoms with E-state index in [2.05, 4.69) is 50.6 Å². The van der Waals surface area contributed by atoms with Crippen molar-refractivity contribution in [1.82, 2.24) is 20.8 Å². The van der Waals surface area contributed by atoms with Crippen LogP contribution in [0.15, 0.2) is 104 Å². The minimum atomic E-state index is -0.547. The fourth-order valence-corrected chi connectivity index (χ4v) is 6.77. The summed E-state index contributed by atoms with van der Waals surface area (Å²) in [5.41, 5.74) is 8.33. The third kappa shape index (κ3) is 13.4. The molecule has 338 valence electrons. The number of nitrogens with one attached hydrogen (secondary N) is 2. The van der Waals surface area contributed by atoms with Crippen molar-refractivity contribution in [3.05, 3.63) is 137 Å². The van der Waals surface area contributed by atoms with Crippen LogP contribution in [0.5, 0.6) is 17.2 Å². The zero-order valence-electron chi connectivity index (χ0n) is 35.8. The standard InChI is InChI=1S/C17H18N2O3.C16H17N3O3.C12H15NO3.3H2S/c1-12-11-22-16-9-13(17(20)21-2)3-4-14(16)10-19(12)15-5-7-18-8-6-15;1-11-10-22-15-8-12(16(20)18-21)2-3-13(15)9-19(11)14-4-6-17-7-5-14;1-8-7-16-11-5-9(12(14)15-2)3-4-10(11)6-13-8;;;/h3-9,12H,10-11H2,1-2H3;2-8,11,21H,9-10H2,1H3,(H,18,20);3-5,8,13H,6-7H2,1-2H3;3*1H2/t12-;11-;8-;;;/m000.../s1. The number of esters is 2. The van der Waals surface area contributed by atoms with Gasteiger partial charge in [-0.1, -0.05) is 18.2 Å². The number of aromatic nitrogens is 2. The quantitative estimate of drug-likeness (QED) is 0.101. The van der Waals surface area contributed by atoms with E-state index < -0.39 is 5.91 Å². The number of ether oxygens (including phenoxy) is 5. The van der Waals surface area contributed by atoms with Crippen LogP contribution in [0.3, 0.4) is 0 Å². The third-order valence-electron chi connectivity index (χ3n) is 10.2. The Morgan fingerprint density at radius 3 is 1.46 bits per heavy atom. The number of benzene rings is 3. The highest BCUT2D eigenvalue weighted by Gasteiger charge is 2.24. The van der Waals surface area contributed by atoms with E-state index in [1.165, 1.54) is 14.2 Å².